The maximum absolute atomic E-state index is 10.6. The van der Waals surface area contributed by atoms with Crippen LogP contribution in [-0.2, 0) is 0 Å². The van der Waals surface area contributed by atoms with E-state index in [1.807, 2.05) is 19.9 Å². The molecule has 0 aliphatic carbocycles. The highest BCUT2D eigenvalue weighted by Gasteiger charge is 2.19. The quantitative estimate of drug-likeness (QED) is 0.491. The first-order chi connectivity index (χ1) is 13.9. The predicted octanol–water partition coefficient (Wildman–Crippen LogP) is 3.43. The van der Waals surface area contributed by atoms with Crippen LogP contribution in [0.1, 0.15) is 16.7 Å². The maximum Gasteiger partial charge on any atom is 0.254 e. The monoisotopic (exact) mass is 389 g/mol. The lowest BCUT2D eigenvalue weighted by Gasteiger charge is -2.12. The molecule has 146 valence electrons. The number of hydrogen-bond donors (Lipinski definition) is 3. The van der Waals surface area contributed by atoms with E-state index < -0.39 is 0 Å². The van der Waals surface area contributed by atoms with Gasteiger partial charge in [0.1, 0.15) is 17.2 Å². The van der Waals surface area contributed by atoms with Gasteiger partial charge in [0.05, 0.1) is 11.1 Å². The molecule has 0 aliphatic rings. The second kappa shape index (κ2) is 6.90. The highest BCUT2D eigenvalue weighted by molar-refractivity contribution is 5.72. The Morgan fingerprint density at radius 1 is 0.759 bits per heavy atom. The number of hydrogen-bond acceptors (Lipinski definition) is 7. The van der Waals surface area contributed by atoms with E-state index in [-0.39, 0.29) is 34.8 Å². The third-order valence-corrected chi connectivity index (χ3v) is 4.92. The van der Waals surface area contributed by atoms with Crippen LogP contribution in [0.2, 0.25) is 0 Å². The van der Waals surface area contributed by atoms with Crippen molar-refractivity contribution in [2.45, 2.75) is 20.8 Å². The van der Waals surface area contributed by atoms with Crippen LogP contribution in [0.25, 0.3) is 28.7 Å². The van der Waals surface area contributed by atoms with Gasteiger partial charge in [0.2, 0.25) is 0 Å². The van der Waals surface area contributed by atoms with E-state index >= 15 is 0 Å². The first-order valence-electron chi connectivity index (χ1n) is 8.94. The fraction of sp³-hybridized carbons (Fsp3) is 0.143. The first kappa shape index (κ1) is 18.4. The number of benzene rings is 2. The van der Waals surface area contributed by atoms with Gasteiger partial charge in [-0.2, -0.15) is 15.1 Å². The van der Waals surface area contributed by atoms with E-state index in [1.54, 1.807) is 31.5 Å². The Bertz CT molecular complexity index is 1140. The number of aryl methyl sites for hydroxylation is 1. The highest BCUT2D eigenvalue weighted by Crippen LogP contribution is 2.37. The molecule has 4 rings (SSSR count). The van der Waals surface area contributed by atoms with Crippen LogP contribution in [0.5, 0.6) is 17.2 Å². The van der Waals surface area contributed by atoms with Crippen molar-refractivity contribution >= 4 is 0 Å². The Hall–Kier alpha value is -3.94. The van der Waals surface area contributed by atoms with E-state index in [4.69, 9.17) is 0 Å². The lowest BCUT2D eigenvalue weighted by atomic mass is 10.0. The Balaban J connectivity index is 1.99. The van der Waals surface area contributed by atoms with Gasteiger partial charge in [-0.15, -0.1) is 0 Å². The van der Waals surface area contributed by atoms with Crippen molar-refractivity contribution < 1.29 is 15.3 Å². The maximum atomic E-state index is 10.6. The molecule has 0 aliphatic heterocycles. The number of aromatic nitrogens is 5. The standard InChI is InChI=1S/C21H19N5O3/c1-11-5-6-14(17(28)12(11)2)19-23-20(15-7-8-16(27)13(3)18(15)29)25-21(24-19)26-10-4-9-22-26/h4-10,27-29H,1-3H3. The van der Waals surface area contributed by atoms with Gasteiger partial charge in [-0.05, 0) is 56.2 Å². The lowest BCUT2D eigenvalue weighted by Crippen LogP contribution is -2.07. The SMILES string of the molecule is Cc1ccc(-c2nc(-c3ccc(O)c(C)c3O)nc(-n3cccn3)n2)c(O)c1C. The van der Waals surface area contributed by atoms with Crippen LogP contribution in [0.4, 0.5) is 0 Å². The molecule has 29 heavy (non-hydrogen) atoms. The summed E-state index contributed by atoms with van der Waals surface area (Å²) in [4.78, 5) is 13.4. The molecule has 0 radical (unpaired) electrons. The zero-order valence-electron chi connectivity index (χ0n) is 16.1. The molecule has 8 heteroatoms. The zero-order chi connectivity index (χ0) is 20.7. The summed E-state index contributed by atoms with van der Waals surface area (Å²) in [5, 5.41) is 35.2. The van der Waals surface area contributed by atoms with Crippen LogP contribution in [0.3, 0.4) is 0 Å². The molecular formula is C21H19N5O3. The molecule has 0 saturated heterocycles. The Kier molecular flexibility index (Phi) is 4.38. The van der Waals surface area contributed by atoms with Crippen molar-refractivity contribution in [3.8, 4) is 46.0 Å². The molecule has 2 heterocycles. The van der Waals surface area contributed by atoms with Gasteiger partial charge < -0.3 is 15.3 Å². The van der Waals surface area contributed by atoms with Gasteiger partial charge >= 0.3 is 0 Å². The minimum Gasteiger partial charge on any atom is -0.508 e. The smallest absolute Gasteiger partial charge is 0.254 e. The molecule has 0 fully saturated rings. The van der Waals surface area contributed by atoms with Gasteiger partial charge in [-0.25, -0.2) is 9.67 Å². The van der Waals surface area contributed by atoms with Gasteiger partial charge in [0.25, 0.3) is 5.95 Å². The molecule has 0 bridgehead atoms. The fourth-order valence-electron chi connectivity index (χ4n) is 2.95. The van der Waals surface area contributed by atoms with Crippen LogP contribution in [0.15, 0.2) is 42.7 Å². The van der Waals surface area contributed by atoms with Crippen molar-refractivity contribution in [2.24, 2.45) is 0 Å². The third-order valence-electron chi connectivity index (χ3n) is 4.92. The van der Waals surface area contributed by atoms with Gasteiger partial charge in [-0.1, -0.05) is 6.07 Å². The fourth-order valence-corrected chi connectivity index (χ4v) is 2.95. The third kappa shape index (κ3) is 3.14. The molecule has 8 nitrogen and oxygen atoms in total. The minimum atomic E-state index is -0.127. The van der Waals surface area contributed by atoms with E-state index in [1.165, 1.54) is 16.8 Å². The van der Waals surface area contributed by atoms with Crippen molar-refractivity contribution in [2.75, 3.05) is 0 Å². The molecule has 0 atom stereocenters. The average Bonchev–Trinajstić information content (AvgIpc) is 3.25. The number of nitrogens with zero attached hydrogens (tertiary/aromatic N) is 5. The van der Waals surface area contributed by atoms with Crippen LogP contribution >= 0.6 is 0 Å². The van der Waals surface area contributed by atoms with Crippen molar-refractivity contribution in [3.05, 3.63) is 59.4 Å². The van der Waals surface area contributed by atoms with Crippen molar-refractivity contribution in [3.63, 3.8) is 0 Å². The second-order valence-corrected chi connectivity index (χ2v) is 6.74. The van der Waals surface area contributed by atoms with E-state index in [0.717, 1.165) is 11.1 Å². The second-order valence-electron chi connectivity index (χ2n) is 6.74. The largest absolute Gasteiger partial charge is 0.508 e. The molecule has 2 aromatic carbocycles. The van der Waals surface area contributed by atoms with Crippen molar-refractivity contribution in [1.29, 1.82) is 0 Å². The summed E-state index contributed by atoms with van der Waals surface area (Å²) in [6, 6.07) is 8.35. The lowest BCUT2D eigenvalue weighted by molar-refractivity contribution is 0.444. The topological polar surface area (TPSA) is 117 Å². The average molecular weight is 389 g/mol. The summed E-state index contributed by atoms with van der Waals surface area (Å²) in [7, 11) is 0. The Morgan fingerprint density at radius 2 is 1.38 bits per heavy atom. The van der Waals surface area contributed by atoms with E-state index in [0.29, 0.717) is 16.7 Å². The van der Waals surface area contributed by atoms with Crippen LogP contribution in [0, 0.1) is 20.8 Å². The number of phenols is 3. The summed E-state index contributed by atoms with van der Waals surface area (Å²) in [6.07, 6.45) is 3.28. The zero-order valence-corrected chi connectivity index (χ0v) is 16.1. The molecule has 0 saturated carbocycles. The molecule has 0 amide bonds. The van der Waals surface area contributed by atoms with E-state index in [9.17, 15) is 15.3 Å². The summed E-state index contributed by atoms with van der Waals surface area (Å²) in [6.45, 7) is 5.32. The Labute approximate surface area is 166 Å². The van der Waals surface area contributed by atoms with Crippen molar-refractivity contribution in [1.82, 2.24) is 24.7 Å². The normalized spacial score (nSPS) is 11.0. The first-order valence-corrected chi connectivity index (χ1v) is 8.94. The Morgan fingerprint density at radius 3 is 2.00 bits per heavy atom. The molecule has 0 spiro atoms. The number of rotatable bonds is 3. The van der Waals surface area contributed by atoms with Gasteiger partial charge in [0, 0.05) is 18.0 Å². The summed E-state index contributed by atoms with van der Waals surface area (Å²) < 4.78 is 1.47. The summed E-state index contributed by atoms with van der Waals surface area (Å²) >= 11 is 0. The van der Waals surface area contributed by atoms with Gasteiger partial charge in [-0.3, -0.25) is 0 Å². The molecular weight excluding hydrogens is 370 g/mol. The van der Waals surface area contributed by atoms with Crippen LogP contribution < -0.4 is 0 Å². The minimum absolute atomic E-state index is 0.0281. The molecule has 2 aromatic heterocycles. The molecule has 4 aromatic rings. The number of aromatic hydroxyl groups is 3. The molecule has 0 unspecified atom stereocenters. The van der Waals surface area contributed by atoms with Crippen LogP contribution in [-0.4, -0.2) is 40.1 Å². The number of phenolic OH excluding ortho intramolecular Hbond substituents is 3. The highest BCUT2D eigenvalue weighted by atomic mass is 16.3. The van der Waals surface area contributed by atoms with Gasteiger partial charge in [0.15, 0.2) is 11.6 Å². The molecule has 3 N–H and O–H groups in total. The van der Waals surface area contributed by atoms with E-state index in [2.05, 4.69) is 20.1 Å². The predicted molar refractivity (Wildman–Crippen MR) is 107 cm³/mol. The summed E-state index contributed by atoms with van der Waals surface area (Å²) in [5.74, 6) is 0.597. The summed E-state index contributed by atoms with van der Waals surface area (Å²) in [5.41, 5.74) is 2.77.